The lowest BCUT2D eigenvalue weighted by Gasteiger charge is -2.29. The minimum Gasteiger partial charge on any atom is -0.481 e. The van der Waals surface area contributed by atoms with Crippen LogP contribution in [-0.4, -0.2) is 36.7 Å². The summed E-state index contributed by atoms with van der Waals surface area (Å²) >= 11 is 0. The topological polar surface area (TPSA) is 75.6 Å². The van der Waals surface area contributed by atoms with Crippen LogP contribution in [0.25, 0.3) is 0 Å². The summed E-state index contributed by atoms with van der Waals surface area (Å²) in [6.45, 7) is 2.13. The molecule has 1 heterocycles. The van der Waals surface area contributed by atoms with E-state index in [4.69, 9.17) is 4.74 Å². The molecule has 5 nitrogen and oxygen atoms in total. The minimum atomic E-state index is -0.833. The van der Waals surface area contributed by atoms with Gasteiger partial charge in [-0.25, -0.2) is 0 Å². The van der Waals surface area contributed by atoms with Crippen LogP contribution in [0.4, 0.5) is 0 Å². The number of carboxylic acids is 1. The van der Waals surface area contributed by atoms with Gasteiger partial charge in [-0.1, -0.05) is 12.8 Å². The normalized spacial score (nSPS) is 31.7. The van der Waals surface area contributed by atoms with Gasteiger partial charge in [0.15, 0.2) is 0 Å². The van der Waals surface area contributed by atoms with Gasteiger partial charge in [-0.15, -0.1) is 0 Å². The van der Waals surface area contributed by atoms with Crippen molar-refractivity contribution in [3.8, 4) is 0 Å². The molecule has 2 rings (SSSR count). The number of hydrogen-bond donors (Lipinski definition) is 2. The van der Waals surface area contributed by atoms with E-state index in [1.807, 2.05) is 0 Å². The third-order valence-electron chi connectivity index (χ3n) is 4.24. The lowest BCUT2D eigenvalue weighted by atomic mass is 9.78. The summed E-state index contributed by atoms with van der Waals surface area (Å²) in [7, 11) is 0. The number of rotatable bonds is 4. The molecule has 0 radical (unpaired) electrons. The molecule has 3 unspecified atom stereocenters. The Kier molecular flexibility index (Phi) is 5.19. The molecule has 1 saturated carbocycles. The van der Waals surface area contributed by atoms with Gasteiger partial charge in [-0.3, -0.25) is 9.59 Å². The van der Waals surface area contributed by atoms with Gasteiger partial charge in [0, 0.05) is 13.2 Å². The first-order chi connectivity index (χ1) is 9.18. The highest BCUT2D eigenvalue weighted by Gasteiger charge is 2.35. The fourth-order valence-electron chi connectivity index (χ4n) is 3.08. The predicted octanol–water partition coefficient (Wildman–Crippen LogP) is 1.42. The molecule has 5 heteroatoms. The Bertz CT molecular complexity index is 325. The summed E-state index contributed by atoms with van der Waals surface area (Å²) in [6.07, 6.45) is 5.31. The molecular weight excluding hydrogens is 246 g/mol. The third-order valence-corrected chi connectivity index (χ3v) is 4.24. The first-order valence-electron chi connectivity index (χ1n) is 7.26. The Morgan fingerprint density at radius 1 is 1.11 bits per heavy atom. The van der Waals surface area contributed by atoms with E-state index in [1.165, 1.54) is 0 Å². The number of amides is 1. The van der Waals surface area contributed by atoms with E-state index in [1.54, 1.807) is 0 Å². The Balaban J connectivity index is 1.81. The van der Waals surface area contributed by atoms with E-state index in [0.29, 0.717) is 31.9 Å². The second-order valence-electron chi connectivity index (χ2n) is 5.66. The fraction of sp³-hybridized carbons (Fsp3) is 0.857. The van der Waals surface area contributed by atoms with E-state index >= 15 is 0 Å². The van der Waals surface area contributed by atoms with E-state index in [9.17, 15) is 14.7 Å². The average Bonchev–Trinajstić information content (AvgIpc) is 2.46. The summed E-state index contributed by atoms with van der Waals surface area (Å²) in [5.74, 6) is -1.39. The molecule has 0 aromatic heterocycles. The highest BCUT2D eigenvalue weighted by molar-refractivity contribution is 5.84. The number of aliphatic carboxylic acids is 1. The highest BCUT2D eigenvalue weighted by atomic mass is 16.5. The lowest BCUT2D eigenvalue weighted by molar-refractivity contribution is -0.149. The molecule has 1 aliphatic heterocycles. The zero-order valence-corrected chi connectivity index (χ0v) is 11.3. The minimum absolute atomic E-state index is 0.0855. The first-order valence-corrected chi connectivity index (χ1v) is 7.26. The molecule has 1 saturated heterocycles. The molecule has 2 fully saturated rings. The van der Waals surface area contributed by atoms with E-state index < -0.39 is 11.9 Å². The summed E-state index contributed by atoms with van der Waals surface area (Å²) in [6, 6.07) is 0. The number of carbonyl (C=O) groups is 2. The zero-order valence-electron chi connectivity index (χ0n) is 11.3. The zero-order chi connectivity index (χ0) is 13.7. The maximum absolute atomic E-state index is 12.1. The van der Waals surface area contributed by atoms with Gasteiger partial charge in [-0.2, -0.15) is 0 Å². The predicted molar refractivity (Wildman–Crippen MR) is 69.6 cm³/mol. The molecule has 108 valence electrons. The second-order valence-corrected chi connectivity index (χ2v) is 5.66. The summed E-state index contributed by atoms with van der Waals surface area (Å²) in [4.78, 5) is 23.3. The molecule has 0 aromatic carbocycles. The van der Waals surface area contributed by atoms with Crippen molar-refractivity contribution in [3.63, 3.8) is 0 Å². The number of nitrogens with one attached hydrogen (secondary N) is 1. The maximum Gasteiger partial charge on any atom is 0.307 e. The molecule has 1 amide bonds. The molecule has 3 atom stereocenters. The molecule has 0 aromatic rings. The van der Waals surface area contributed by atoms with Crippen molar-refractivity contribution >= 4 is 11.9 Å². The Morgan fingerprint density at radius 3 is 2.47 bits per heavy atom. The van der Waals surface area contributed by atoms with Crippen LogP contribution in [0.1, 0.15) is 38.5 Å². The van der Waals surface area contributed by atoms with Gasteiger partial charge in [-0.05, 0) is 31.6 Å². The van der Waals surface area contributed by atoms with Crippen LogP contribution < -0.4 is 5.32 Å². The van der Waals surface area contributed by atoms with Gasteiger partial charge in [0.25, 0.3) is 0 Å². The van der Waals surface area contributed by atoms with Crippen LogP contribution in [0.3, 0.4) is 0 Å². The standard InChI is InChI=1S/C14H23NO4/c16-13(15-8-10-4-3-7-19-9-10)11-5-1-2-6-12(11)14(17)18/h10-12H,1-9H2,(H,15,16)(H,17,18). The Morgan fingerprint density at radius 2 is 1.84 bits per heavy atom. The second kappa shape index (κ2) is 6.89. The average molecular weight is 269 g/mol. The Labute approximate surface area is 113 Å². The fourth-order valence-corrected chi connectivity index (χ4v) is 3.08. The van der Waals surface area contributed by atoms with Gasteiger partial charge >= 0.3 is 5.97 Å². The molecule has 19 heavy (non-hydrogen) atoms. The lowest BCUT2D eigenvalue weighted by Crippen LogP contribution is -2.42. The molecular formula is C14H23NO4. The van der Waals surface area contributed by atoms with Crippen LogP contribution in [0.5, 0.6) is 0 Å². The summed E-state index contributed by atoms with van der Waals surface area (Å²) in [5, 5.41) is 12.1. The van der Waals surface area contributed by atoms with E-state index in [2.05, 4.69) is 5.32 Å². The smallest absolute Gasteiger partial charge is 0.307 e. The Hall–Kier alpha value is -1.10. The molecule has 0 spiro atoms. The quantitative estimate of drug-likeness (QED) is 0.809. The first kappa shape index (κ1) is 14.3. The van der Waals surface area contributed by atoms with Crippen molar-refractivity contribution in [3.05, 3.63) is 0 Å². The van der Waals surface area contributed by atoms with Crippen LogP contribution >= 0.6 is 0 Å². The van der Waals surface area contributed by atoms with Gasteiger partial charge in [0.05, 0.1) is 18.4 Å². The van der Waals surface area contributed by atoms with Crippen molar-refractivity contribution in [2.45, 2.75) is 38.5 Å². The third kappa shape index (κ3) is 3.93. The monoisotopic (exact) mass is 269 g/mol. The van der Waals surface area contributed by atoms with Crippen molar-refractivity contribution in [2.75, 3.05) is 19.8 Å². The van der Waals surface area contributed by atoms with Crippen LogP contribution in [0, 0.1) is 17.8 Å². The number of ether oxygens (including phenoxy) is 1. The van der Waals surface area contributed by atoms with Crippen LogP contribution in [0.2, 0.25) is 0 Å². The number of carboxylic acid groups (broad SMARTS) is 1. The van der Waals surface area contributed by atoms with E-state index in [-0.39, 0.29) is 11.8 Å². The van der Waals surface area contributed by atoms with Crippen LogP contribution in [0.15, 0.2) is 0 Å². The van der Waals surface area contributed by atoms with Gasteiger partial charge < -0.3 is 15.2 Å². The highest BCUT2D eigenvalue weighted by Crippen LogP contribution is 2.30. The van der Waals surface area contributed by atoms with Crippen molar-refractivity contribution in [1.82, 2.24) is 5.32 Å². The van der Waals surface area contributed by atoms with Crippen molar-refractivity contribution < 1.29 is 19.4 Å². The summed E-state index contributed by atoms with van der Waals surface area (Å²) in [5.41, 5.74) is 0. The summed E-state index contributed by atoms with van der Waals surface area (Å²) < 4.78 is 5.37. The molecule has 2 N–H and O–H groups in total. The van der Waals surface area contributed by atoms with Crippen LogP contribution in [-0.2, 0) is 14.3 Å². The van der Waals surface area contributed by atoms with Gasteiger partial charge in [0.2, 0.25) is 5.91 Å². The molecule has 0 bridgehead atoms. The number of hydrogen-bond acceptors (Lipinski definition) is 3. The SMILES string of the molecule is O=C(O)C1CCCCC1C(=O)NCC1CCCOC1. The van der Waals surface area contributed by atoms with Crippen molar-refractivity contribution in [2.24, 2.45) is 17.8 Å². The van der Waals surface area contributed by atoms with Crippen molar-refractivity contribution in [1.29, 1.82) is 0 Å². The molecule has 2 aliphatic rings. The largest absolute Gasteiger partial charge is 0.481 e. The maximum atomic E-state index is 12.1. The van der Waals surface area contributed by atoms with Gasteiger partial charge in [0.1, 0.15) is 0 Å². The van der Waals surface area contributed by atoms with E-state index in [0.717, 1.165) is 32.3 Å². The number of carbonyl (C=O) groups excluding carboxylic acids is 1. The molecule has 1 aliphatic carbocycles.